The highest BCUT2D eigenvalue weighted by Crippen LogP contribution is 2.25. The third kappa shape index (κ3) is 2.55. The number of carbonyl (C=O) groups is 1. The summed E-state index contributed by atoms with van der Waals surface area (Å²) in [6.45, 7) is 2.37. The van der Waals surface area contributed by atoms with Crippen molar-refractivity contribution >= 4 is 29.1 Å². The van der Waals surface area contributed by atoms with Gasteiger partial charge in [-0.3, -0.25) is 0 Å². The molecule has 0 atom stereocenters. The first-order valence-corrected chi connectivity index (χ1v) is 5.73. The van der Waals surface area contributed by atoms with E-state index >= 15 is 0 Å². The van der Waals surface area contributed by atoms with Crippen LogP contribution in [-0.2, 0) is 0 Å². The van der Waals surface area contributed by atoms with Gasteiger partial charge in [-0.05, 0) is 18.2 Å². The Bertz CT molecular complexity index is 431. The standard InChI is InChI=1S/C11H14ClN3O2/c12-9-7-8(1-2-10(9)13)14-3-5-15(6-4-14)11(16)17/h1-2,7H,3-6,13H2,(H,16,17). The molecule has 0 spiro atoms. The van der Waals surface area contributed by atoms with Gasteiger partial charge in [0.15, 0.2) is 0 Å². The number of anilines is 2. The highest BCUT2D eigenvalue weighted by atomic mass is 35.5. The van der Waals surface area contributed by atoms with Crippen LogP contribution in [0.2, 0.25) is 5.02 Å². The van der Waals surface area contributed by atoms with Gasteiger partial charge in [-0.1, -0.05) is 11.6 Å². The van der Waals surface area contributed by atoms with Crippen LogP contribution in [0.4, 0.5) is 16.2 Å². The highest BCUT2D eigenvalue weighted by molar-refractivity contribution is 6.33. The molecule has 1 saturated heterocycles. The van der Waals surface area contributed by atoms with Gasteiger partial charge in [0.25, 0.3) is 0 Å². The Kier molecular flexibility index (Phi) is 3.28. The quantitative estimate of drug-likeness (QED) is 0.750. The molecule has 92 valence electrons. The number of halogens is 1. The second-order valence-electron chi connectivity index (χ2n) is 3.96. The molecule has 3 N–H and O–H groups in total. The minimum atomic E-state index is -0.861. The van der Waals surface area contributed by atoms with Gasteiger partial charge in [0.05, 0.1) is 10.7 Å². The van der Waals surface area contributed by atoms with E-state index in [-0.39, 0.29) is 0 Å². The summed E-state index contributed by atoms with van der Waals surface area (Å²) in [5.41, 5.74) is 7.18. The molecule has 2 rings (SSSR count). The molecule has 0 aromatic heterocycles. The van der Waals surface area contributed by atoms with E-state index in [9.17, 15) is 4.79 Å². The summed E-state index contributed by atoms with van der Waals surface area (Å²) in [6.07, 6.45) is -0.861. The zero-order valence-electron chi connectivity index (χ0n) is 9.27. The minimum Gasteiger partial charge on any atom is -0.465 e. The third-order valence-corrected chi connectivity index (χ3v) is 3.23. The highest BCUT2D eigenvalue weighted by Gasteiger charge is 2.20. The van der Waals surface area contributed by atoms with Crippen molar-refractivity contribution in [3.8, 4) is 0 Å². The van der Waals surface area contributed by atoms with Crippen LogP contribution in [0, 0.1) is 0 Å². The lowest BCUT2D eigenvalue weighted by atomic mass is 10.2. The van der Waals surface area contributed by atoms with Crippen molar-refractivity contribution in [1.29, 1.82) is 0 Å². The number of carboxylic acid groups (broad SMARTS) is 1. The van der Waals surface area contributed by atoms with Gasteiger partial charge in [0.1, 0.15) is 0 Å². The largest absolute Gasteiger partial charge is 0.465 e. The number of amides is 1. The summed E-state index contributed by atoms with van der Waals surface area (Å²) in [7, 11) is 0. The molecule has 1 aromatic carbocycles. The molecule has 0 unspecified atom stereocenters. The molecule has 0 saturated carbocycles. The maximum Gasteiger partial charge on any atom is 0.407 e. The average molecular weight is 256 g/mol. The molecule has 1 aliphatic heterocycles. The van der Waals surface area contributed by atoms with Crippen molar-refractivity contribution in [3.05, 3.63) is 23.2 Å². The Morgan fingerprint density at radius 1 is 1.29 bits per heavy atom. The molecule has 1 aromatic rings. The van der Waals surface area contributed by atoms with E-state index in [1.54, 1.807) is 6.07 Å². The minimum absolute atomic E-state index is 0.511. The number of hydrogen-bond acceptors (Lipinski definition) is 3. The first kappa shape index (κ1) is 11.9. The predicted molar refractivity (Wildman–Crippen MR) is 67.7 cm³/mol. The fourth-order valence-electron chi connectivity index (χ4n) is 1.87. The molecular weight excluding hydrogens is 242 g/mol. The van der Waals surface area contributed by atoms with Crippen LogP contribution in [0.1, 0.15) is 0 Å². The topological polar surface area (TPSA) is 69.8 Å². The SMILES string of the molecule is Nc1ccc(N2CCN(C(=O)O)CC2)cc1Cl. The van der Waals surface area contributed by atoms with Gasteiger partial charge in [-0.2, -0.15) is 0 Å². The smallest absolute Gasteiger partial charge is 0.407 e. The van der Waals surface area contributed by atoms with Crippen LogP contribution in [0.5, 0.6) is 0 Å². The van der Waals surface area contributed by atoms with Crippen molar-refractivity contribution in [1.82, 2.24) is 4.90 Å². The Hall–Kier alpha value is -1.62. The molecule has 1 aliphatic rings. The van der Waals surface area contributed by atoms with E-state index < -0.39 is 6.09 Å². The molecule has 0 radical (unpaired) electrons. The molecular formula is C11H14ClN3O2. The normalized spacial score (nSPS) is 16.1. The number of benzene rings is 1. The molecule has 1 amide bonds. The number of hydrogen-bond donors (Lipinski definition) is 2. The molecule has 1 fully saturated rings. The molecule has 6 heteroatoms. The van der Waals surface area contributed by atoms with Gasteiger partial charge < -0.3 is 20.6 Å². The van der Waals surface area contributed by atoms with E-state index in [1.807, 2.05) is 12.1 Å². The lowest BCUT2D eigenvalue weighted by Crippen LogP contribution is -2.48. The van der Waals surface area contributed by atoms with Gasteiger partial charge in [-0.25, -0.2) is 4.79 Å². The Labute approximate surface area is 104 Å². The van der Waals surface area contributed by atoms with Crippen molar-refractivity contribution in [2.45, 2.75) is 0 Å². The van der Waals surface area contributed by atoms with Crippen molar-refractivity contribution in [3.63, 3.8) is 0 Å². The second-order valence-corrected chi connectivity index (χ2v) is 4.37. The van der Waals surface area contributed by atoms with Crippen molar-refractivity contribution in [2.75, 3.05) is 36.8 Å². The maximum atomic E-state index is 10.8. The van der Waals surface area contributed by atoms with E-state index in [0.717, 1.165) is 5.69 Å². The molecule has 0 bridgehead atoms. The maximum absolute atomic E-state index is 10.8. The van der Waals surface area contributed by atoms with E-state index in [4.69, 9.17) is 22.4 Å². The van der Waals surface area contributed by atoms with E-state index in [1.165, 1.54) is 4.90 Å². The lowest BCUT2D eigenvalue weighted by Gasteiger charge is -2.34. The molecule has 0 aliphatic carbocycles. The number of nitrogens with zero attached hydrogens (tertiary/aromatic N) is 2. The fraction of sp³-hybridized carbons (Fsp3) is 0.364. The van der Waals surface area contributed by atoms with Crippen molar-refractivity contribution in [2.24, 2.45) is 0 Å². The van der Waals surface area contributed by atoms with Gasteiger partial charge in [0.2, 0.25) is 0 Å². The first-order chi connectivity index (χ1) is 8.08. The van der Waals surface area contributed by atoms with Crippen LogP contribution in [0.15, 0.2) is 18.2 Å². The number of piperazine rings is 1. The van der Waals surface area contributed by atoms with Crippen LogP contribution >= 0.6 is 11.6 Å². The van der Waals surface area contributed by atoms with Gasteiger partial charge in [0, 0.05) is 31.9 Å². The summed E-state index contributed by atoms with van der Waals surface area (Å²) in [5, 5.41) is 9.38. The average Bonchev–Trinajstić information content (AvgIpc) is 2.33. The molecule has 5 nitrogen and oxygen atoms in total. The van der Waals surface area contributed by atoms with Crippen LogP contribution in [0.25, 0.3) is 0 Å². The summed E-state index contributed by atoms with van der Waals surface area (Å²) in [6, 6.07) is 5.48. The summed E-state index contributed by atoms with van der Waals surface area (Å²) >= 11 is 5.96. The number of nitrogens with two attached hydrogens (primary N) is 1. The Morgan fingerprint density at radius 3 is 2.47 bits per heavy atom. The fourth-order valence-corrected chi connectivity index (χ4v) is 2.04. The summed E-state index contributed by atoms with van der Waals surface area (Å²) in [5.74, 6) is 0. The Morgan fingerprint density at radius 2 is 1.94 bits per heavy atom. The summed E-state index contributed by atoms with van der Waals surface area (Å²) < 4.78 is 0. The van der Waals surface area contributed by atoms with Gasteiger partial charge in [-0.15, -0.1) is 0 Å². The molecule has 1 heterocycles. The number of nitrogen functional groups attached to an aromatic ring is 1. The number of rotatable bonds is 1. The zero-order valence-corrected chi connectivity index (χ0v) is 10.0. The third-order valence-electron chi connectivity index (χ3n) is 2.90. The Balaban J connectivity index is 2.05. The lowest BCUT2D eigenvalue weighted by molar-refractivity contribution is 0.142. The van der Waals surface area contributed by atoms with Crippen LogP contribution in [-0.4, -0.2) is 42.3 Å². The zero-order chi connectivity index (χ0) is 12.4. The van der Waals surface area contributed by atoms with Crippen molar-refractivity contribution < 1.29 is 9.90 Å². The monoisotopic (exact) mass is 255 g/mol. The summed E-state index contributed by atoms with van der Waals surface area (Å²) in [4.78, 5) is 14.3. The van der Waals surface area contributed by atoms with E-state index in [0.29, 0.717) is 36.9 Å². The first-order valence-electron chi connectivity index (χ1n) is 5.36. The predicted octanol–water partition coefficient (Wildman–Crippen LogP) is 1.72. The van der Waals surface area contributed by atoms with Crippen LogP contribution < -0.4 is 10.6 Å². The van der Waals surface area contributed by atoms with E-state index in [2.05, 4.69) is 4.90 Å². The second kappa shape index (κ2) is 4.71. The van der Waals surface area contributed by atoms with Gasteiger partial charge >= 0.3 is 6.09 Å². The van der Waals surface area contributed by atoms with Crippen LogP contribution in [0.3, 0.4) is 0 Å². The molecule has 17 heavy (non-hydrogen) atoms.